The van der Waals surface area contributed by atoms with Crippen LogP contribution in [0, 0.1) is 12.3 Å². The van der Waals surface area contributed by atoms with Crippen LogP contribution in [-0.2, 0) is 4.74 Å². The molecule has 0 fully saturated rings. The van der Waals surface area contributed by atoms with E-state index < -0.39 is 11.9 Å². The molecule has 0 spiro atoms. The molecule has 0 unspecified atom stereocenters. The number of carbonyl (C=O) groups excluding carboxylic acids is 1. The fourth-order valence-corrected chi connectivity index (χ4v) is 1.17. The Hall–Kier alpha value is -2.48. The van der Waals surface area contributed by atoms with Crippen LogP contribution < -0.4 is 4.74 Å². The quantitative estimate of drug-likeness (QED) is 0.625. The number of carboxylic acid groups (broad SMARTS) is 1. The molecule has 5 nitrogen and oxygen atoms in total. The van der Waals surface area contributed by atoms with E-state index in [-0.39, 0.29) is 23.5 Å². The highest BCUT2D eigenvalue weighted by Crippen LogP contribution is 2.21. The van der Waals surface area contributed by atoms with Crippen molar-refractivity contribution in [2.45, 2.75) is 0 Å². The van der Waals surface area contributed by atoms with Gasteiger partial charge in [-0.2, -0.15) is 0 Å². The average molecular weight is 234 g/mol. The lowest BCUT2D eigenvalue weighted by Crippen LogP contribution is -2.08. The molecule has 1 aromatic carbocycles. The van der Waals surface area contributed by atoms with Crippen LogP contribution in [0.3, 0.4) is 0 Å². The molecule has 0 amide bonds. The maximum atomic E-state index is 11.4. The minimum Gasteiger partial charge on any atom is -0.480 e. The zero-order valence-electron chi connectivity index (χ0n) is 9.10. The van der Waals surface area contributed by atoms with Crippen LogP contribution >= 0.6 is 0 Å². The second kappa shape index (κ2) is 5.56. The number of esters is 1. The number of benzene rings is 1. The van der Waals surface area contributed by atoms with Crippen molar-refractivity contribution >= 4 is 11.9 Å². The fraction of sp³-hybridized carbons (Fsp3) is 0.167. The fourth-order valence-electron chi connectivity index (χ4n) is 1.17. The summed E-state index contributed by atoms with van der Waals surface area (Å²) >= 11 is 0. The third-order valence-corrected chi connectivity index (χ3v) is 1.94. The largest absolute Gasteiger partial charge is 0.480 e. The number of methoxy groups -OCH3 is 1. The van der Waals surface area contributed by atoms with Crippen molar-refractivity contribution < 1.29 is 24.2 Å². The molecule has 1 aromatic rings. The van der Waals surface area contributed by atoms with Crippen molar-refractivity contribution in [2.24, 2.45) is 0 Å². The molecule has 0 aliphatic rings. The highest BCUT2D eigenvalue weighted by Gasteiger charge is 2.15. The van der Waals surface area contributed by atoms with Crippen LogP contribution in [0.5, 0.6) is 5.75 Å². The van der Waals surface area contributed by atoms with Gasteiger partial charge in [-0.1, -0.05) is 5.92 Å². The van der Waals surface area contributed by atoms with Gasteiger partial charge in [0.15, 0.2) is 0 Å². The maximum Gasteiger partial charge on any atom is 0.341 e. The summed E-state index contributed by atoms with van der Waals surface area (Å²) in [7, 11) is 1.22. The highest BCUT2D eigenvalue weighted by molar-refractivity contribution is 5.95. The molecule has 1 rings (SSSR count). The van der Waals surface area contributed by atoms with Gasteiger partial charge in [-0.05, 0) is 18.2 Å². The Morgan fingerprint density at radius 1 is 1.47 bits per heavy atom. The molecule has 1 N–H and O–H groups in total. The summed E-state index contributed by atoms with van der Waals surface area (Å²) in [5.74, 6) is 0.584. The minimum absolute atomic E-state index is 0.00433. The van der Waals surface area contributed by atoms with Gasteiger partial charge in [0.2, 0.25) is 0 Å². The van der Waals surface area contributed by atoms with Crippen molar-refractivity contribution in [3.05, 3.63) is 29.3 Å². The molecule has 0 saturated carbocycles. The molecule has 0 radical (unpaired) electrons. The number of hydrogen-bond donors (Lipinski definition) is 1. The molecule has 0 aliphatic carbocycles. The summed E-state index contributed by atoms with van der Waals surface area (Å²) in [6.45, 7) is -0.0624. The Labute approximate surface area is 98.0 Å². The molecule has 88 valence electrons. The summed E-state index contributed by atoms with van der Waals surface area (Å²) in [5.41, 5.74) is 0.137. The van der Waals surface area contributed by atoms with Crippen molar-refractivity contribution in [3.63, 3.8) is 0 Å². The van der Waals surface area contributed by atoms with Crippen LogP contribution in [0.1, 0.15) is 20.7 Å². The summed E-state index contributed by atoms with van der Waals surface area (Å²) in [6.07, 6.45) is 5.03. The van der Waals surface area contributed by atoms with Crippen molar-refractivity contribution in [2.75, 3.05) is 13.7 Å². The molecular formula is C12H10O5. The SMILES string of the molecule is C#CCOc1cc(C(=O)O)ccc1C(=O)OC. The molecule has 0 bridgehead atoms. The van der Waals surface area contributed by atoms with Crippen LogP contribution in [0.2, 0.25) is 0 Å². The minimum atomic E-state index is -1.12. The molecule has 0 aliphatic heterocycles. The van der Waals surface area contributed by atoms with E-state index >= 15 is 0 Å². The number of hydrogen-bond acceptors (Lipinski definition) is 4. The van der Waals surface area contributed by atoms with E-state index in [1.807, 2.05) is 0 Å². The Bertz CT molecular complexity index is 484. The number of carboxylic acids is 1. The van der Waals surface area contributed by atoms with Crippen LogP contribution in [0.4, 0.5) is 0 Å². The first-order valence-electron chi connectivity index (χ1n) is 4.62. The van der Waals surface area contributed by atoms with E-state index in [0.29, 0.717) is 0 Å². The number of rotatable bonds is 4. The Morgan fingerprint density at radius 3 is 2.71 bits per heavy atom. The lowest BCUT2D eigenvalue weighted by molar-refractivity contribution is 0.0594. The molecule has 0 saturated heterocycles. The zero-order valence-corrected chi connectivity index (χ0v) is 9.10. The molecule has 0 aromatic heterocycles. The molecule has 5 heteroatoms. The monoisotopic (exact) mass is 234 g/mol. The Kier molecular flexibility index (Phi) is 4.12. The van der Waals surface area contributed by atoms with Gasteiger partial charge < -0.3 is 14.6 Å². The second-order valence-corrected chi connectivity index (χ2v) is 3.00. The Balaban J connectivity index is 3.17. The first-order chi connectivity index (χ1) is 8.10. The smallest absolute Gasteiger partial charge is 0.341 e. The van der Waals surface area contributed by atoms with E-state index in [9.17, 15) is 9.59 Å². The van der Waals surface area contributed by atoms with Crippen molar-refractivity contribution in [1.82, 2.24) is 0 Å². The predicted octanol–water partition coefficient (Wildman–Crippen LogP) is 1.18. The van der Waals surface area contributed by atoms with Crippen LogP contribution in [0.25, 0.3) is 0 Å². The third-order valence-electron chi connectivity index (χ3n) is 1.94. The van der Waals surface area contributed by atoms with Crippen molar-refractivity contribution in [3.8, 4) is 18.1 Å². The van der Waals surface area contributed by atoms with Gasteiger partial charge in [0, 0.05) is 0 Å². The van der Waals surface area contributed by atoms with Crippen LogP contribution in [0.15, 0.2) is 18.2 Å². The molecule has 17 heavy (non-hydrogen) atoms. The lowest BCUT2D eigenvalue weighted by Gasteiger charge is -2.08. The molecule has 0 heterocycles. The van der Waals surface area contributed by atoms with E-state index in [1.54, 1.807) is 0 Å². The first kappa shape index (κ1) is 12.6. The van der Waals surface area contributed by atoms with Gasteiger partial charge in [-0.25, -0.2) is 9.59 Å². The Morgan fingerprint density at radius 2 is 2.18 bits per heavy atom. The third kappa shape index (κ3) is 2.98. The van der Waals surface area contributed by atoms with E-state index in [4.69, 9.17) is 16.3 Å². The second-order valence-electron chi connectivity index (χ2n) is 3.00. The molecular weight excluding hydrogens is 224 g/mol. The average Bonchev–Trinajstić information content (AvgIpc) is 2.34. The number of aromatic carboxylic acids is 1. The highest BCUT2D eigenvalue weighted by atomic mass is 16.5. The van der Waals surface area contributed by atoms with Gasteiger partial charge in [-0.15, -0.1) is 6.42 Å². The van der Waals surface area contributed by atoms with Gasteiger partial charge in [-0.3, -0.25) is 0 Å². The zero-order chi connectivity index (χ0) is 12.8. The molecule has 0 atom stereocenters. The summed E-state index contributed by atoms with van der Waals surface area (Å²) in [4.78, 5) is 22.1. The van der Waals surface area contributed by atoms with Gasteiger partial charge >= 0.3 is 11.9 Å². The summed E-state index contributed by atoms with van der Waals surface area (Å²) in [5, 5.41) is 8.81. The topological polar surface area (TPSA) is 72.8 Å². The van der Waals surface area contributed by atoms with Gasteiger partial charge in [0.05, 0.1) is 12.7 Å². The van der Waals surface area contributed by atoms with Crippen molar-refractivity contribution in [1.29, 1.82) is 0 Å². The van der Waals surface area contributed by atoms with Crippen LogP contribution in [-0.4, -0.2) is 30.8 Å². The first-order valence-corrected chi connectivity index (χ1v) is 4.62. The lowest BCUT2D eigenvalue weighted by atomic mass is 10.1. The number of ether oxygens (including phenoxy) is 2. The normalized spacial score (nSPS) is 9.18. The van der Waals surface area contributed by atoms with Gasteiger partial charge in [0.25, 0.3) is 0 Å². The van der Waals surface area contributed by atoms with E-state index in [2.05, 4.69) is 10.7 Å². The maximum absolute atomic E-state index is 11.4. The van der Waals surface area contributed by atoms with E-state index in [0.717, 1.165) is 0 Å². The number of carbonyl (C=O) groups is 2. The van der Waals surface area contributed by atoms with Gasteiger partial charge in [0.1, 0.15) is 17.9 Å². The standard InChI is InChI=1S/C12H10O5/c1-3-6-17-10-7-8(11(13)14)4-5-9(10)12(15)16-2/h1,4-5,7H,6H2,2H3,(H,13,14). The number of terminal acetylenes is 1. The summed E-state index contributed by atoms with van der Waals surface area (Å²) in [6, 6.07) is 3.84. The van der Waals surface area contributed by atoms with E-state index in [1.165, 1.54) is 25.3 Å². The summed E-state index contributed by atoms with van der Waals surface area (Å²) < 4.78 is 9.64. The predicted molar refractivity (Wildman–Crippen MR) is 59.1 cm³/mol.